The molecule has 2 aromatic carbocycles. The lowest BCUT2D eigenvalue weighted by atomic mass is 9.78. The van der Waals surface area contributed by atoms with Crippen molar-refractivity contribution in [3.63, 3.8) is 0 Å². The van der Waals surface area contributed by atoms with Gasteiger partial charge in [-0.2, -0.15) is 17.6 Å². The predicted octanol–water partition coefficient (Wildman–Crippen LogP) is 7.07. The van der Waals surface area contributed by atoms with E-state index in [1.807, 2.05) is 6.92 Å². The first-order chi connectivity index (χ1) is 15.2. The molecule has 2 nitrogen and oxygen atoms in total. The second kappa shape index (κ2) is 9.76. The summed E-state index contributed by atoms with van der Waals surface area (Å²) in [6, 6.07) is 3.41. The number of hydrogen-bond donors (Lipinski definition) is 0. The Balaban J connectivity index is 1.81. The first-order valence-corrected chi connectivity index (χ1v) is 10.2. The number of alkyl halides is 2. The number of methoxy groups -OCH3 is 1. The maximum Gasteiger partial charge on any atom is 0.429 e. The average molecular weight is 456 g/mol. The lowest BCUT2D eigenvalue weighted by Gasteiger charge is -2.27. The molecule has 1 saturated carbocycles. The van der Waals surface area contributed by atoms with Gasteiger partial charge in [-0.3, -0.25) is 0 Å². The molecule has 0 aliphatic heterocycles. The van der Waals surface area contributed by atoms with Gasteiger partial charge in [0.05, 0.1) is 7.11 Å². The van der Waals surface area contributed by atoms with E-state index >= 15 is 0 Å². The Labute approximate surface area is 182 Å². The van der Waals surface area contributed by atoms with Crippen LogP contribution in [0, 0.1) is 41.0 Å². The summed E-state index contributed by atoms with van der Waals surface area (Å²) in [6.45, 7) is 1.95. The van der Waals surface area contributed by atoms with E-state index in [2.05, 4.69) is 21.3 Å². The number of rotatable bonds is 5. The van der Waals surface area contributed by atoms with E-state index in [0.29, 0.717) is 18.9 Å². The van der Waals surface area contributed by atoms with Crippen molar-refractivity contribution in [1.29, 1.82) is 0 Å². The summed E-state index contributed by atoms with van der Waals surface area (Å²) in [5.41, 5.74) is -1.40. The fourth-order valence-electron chi connectivity index (χ4n) is 3.84. The first kappa shape index (κ1) is 23.8. The largest absolute Gasteiger partial charge is 0.494 e. The van der Waals surface area contributed by atoms with E-state index < -0.39 is 46.4 Å². The molecule has 0 saturated heterocycles. The molecule has 2 aromatic rings. The third-order valence-corrected chi connectivity index (χ3v) is 5.55. The molecule has 0 bridgehead atoms. The van der Waals surface area contributed by atoms with Crippen molar-refractivity contribution in [3.8, 4) is 23.3 Å². The highest BCUT2D eigenvalue weighted by Crippen LogP contribution is 2.41. The maximum absolute atomic E-state index is 14.7. The number of benzene rings is 2. The Morgan fingerprint density at radius 1 is 0.875 bits per heavy atom. The van der Waals surface area contributed by atoms with Gasteiger partial charge in [0, 0.05) is 12.3 Å². The summed E-state index contributed by atoms with van der Waals surface area (Å²) >= 11 is 0. The van der Waals surface area contributed by atoms with E-state index in [0.717, 1.165) is 38.5 Å². The lowest BCUT2D eigenvalue weighted by molar-refractivity contribution is -0.189. The van der Waals surface area contributed by atoms with Gasteiger partial charge in [-0.05, 0) is 55.4 Å². The molecular formula is C24H22F6O2. The van der Waals surface area contributed by atoms with Crippen LogP contribution in [-0.4, -0.2) is 7.11 Å². The normalized spacial score (nSPS) is 18.6. The van der Waals surface area contributed by atoms with Crippen LogP contribution in [0.2, 0.25) is 0 Å². The fraction of sp³-hybridized carbons (Fsp3) is 0.417. The zero-order chi connectivity index (χ0) is 23.5. The van der Waals surface area contributed by atoms with E-state index in [9.17, 15) is 26.3 Å². The van der Waals surface area contributed by atoms with Crippen molar-refractivity contribution in [1.82, 2.24) is 0 Å². The molecule has 1 fully saturated rings. The van der Waals surface area contributed by atoms with Gasteiger partial charge in [-0.1, -0.05) is 18.9 Å². The second-order valence-electron chi connectivity index (χ2n) is 7.57. The summed E-state index contributed by atoms with van der Waals surface area (Å²) in [5, 5.41) is 0. The van der Waals surface area contributed by atoms with E-state index in [4.69, 9.17) is 0 Å². The van der Waals surface area contributed by atoms with Crippen molar-refractivity contribution in [2.45, 2.75) is 51.1 Å². The molecule has 0 radical (unpaired) electrons. The highest BCUT2D eigenvalue weighted by atomic mass is 19.3. The summed E-state index contributed by atoms with van der Waals surface area (Å²) in [7, 11) is 1.04. The SMILES string of the molecule is CCC#CC1CCC(c2ccc(OC(F)(F)c3ccc(OC)c(F)c3F)c(F)c2F)CC1. The van der Waals surface area contributed by atoms with Crippen molar-refractivity contribution in [2.75, 3.05) is 7.11 Å². The van der Waals surface area contributed by atoms with Crippen molar-refractivity contribution < 1.29 is 35.8 Å². The number of hydrogen-bond acceptors (Lipinski definition) is 2. The Hall–Kier alpha value is -2.82. The molecule has 1 aliphatic carbocycles. The van der Waals surface area contributed by atoms with Gasteiger partial charge < -0.3 is 9.47 Å². The maximum atomic E-state index is 14.7. The summed E-state index contributed by atoms with van der Waals surface area (Å²) in [5.74, 6) is -2.03. The highest BCUT2D eigenvalue weighted by molar-refractivity contribution is 5.36. The van der Waals surface area contributed by atoms with Gasteiger partial charge >= 0.3 is 6.11 Å². The summed E-state index contributed by atoms with van der Waals surface area (Å²) < 4.78 is 94.8. The molecular weight excluding hydrogens is 434 g/mol. The molecule has 0 atom stereocenters. The molecule has 1 aliphatic rings. The Morgan fingerprint density at radius 3 is 2.12 bits per heavy atom. The van der Waals surface area contributed by atoms with Gasteiger partial charge in [-0.15, -0.1) is 5.92 Å². The second-order valence-corrected chi connectivity index (χ2v) is 7.57. The quantitative estimate of drug-likeness (QED) is 0.354. The molecule has 0 aromatic heterocycles. The van der Waals surface area contributed by atoms with Gasteiger partial charge in [0.1, 0.15) is 5.56 Å². The Bertz CT molecular complexity index is 1030. The van der Waals surface area contributed by atoms with Crippen molar-refractivity contribution >= 4 is 0 Å². The van der Waals surface area contributed by atoms with Crippen LogP contribution in [0.1, 0.15) is 56.1 Å². The van der Waals surface area contributed by atoms with Gasteiger partial charge in [0.15, 0.2) is 23.1 Å². The Morgan fingerprint density at radius 2 is 1.50 bits per heavy atom. The van der Waals surface area contributed by atoms with Crippen LogP contribution in [0.4, 0.5) is 26.3 Å². The van der Waals surface area contributed by atoms with Crippen LogP contribution >= 0.6 is 0 Å². The van der Waals surface area contributed by atoms with Gasteiger partial charge in [-0.25, -0.2) is 8.78 Å². The van der Waals surface area contributed by atoms with Crippen LogP contribution in [0.15, 0.2) is 24.3 Å². The smallest absolute Gasteiger partial charge is 0.429 e. The topological polar surface area (TPSA) is 18.5 Å². The molecule has 8 heteroatoms. The predicted molar refractivity (Wildman–Crippen MR) is 107 cm³/mol. The van der Waals surface area contributed by atoms with Crippen LogP contribution in [0.25, 0.3) is 0 Å². The molecule has 172 valence electrons. The monoisotopic (exact) mass is 456 g/mol. The molecule has 0 N–H and O–H groups in total. The summed E-state index contributed by atoms with van der Waals surface area (Å²) in [6.07, 6.45) is -1.06. The highest BCUT2D eigenvalue weighted by Gasteiger charge is 2.41. The molecule has 0 amide bonds. The van der Waals surface area contributed by atoms with Crippen LogP contribution in [0.3, 0.4) is 0 Å². The number of halogens is 6. The summed E-state index contributed by atoms with van der Waals surface area (Å²) in [4.78, 5) is 0. The zero-order valence-electron chi connectivity index (χ0n) is 17.6. The third-order valence-electron chi connectivity index (χ3n) is 5.55. The van der Waals surface area contributed by atoms with Crippen molar-refractivity contribution in [3.05, 3.63) is 58.7 Å². The van der Waals surface area contributed by atoms with E-state index in [1.54, 1.807) is 0 Å². The molecule has 32 heavy (non-hydrogen) atoms. The minimum Gasteiger partial charge on any atom is -0.494 e. The van der Waals surface area contributed by atoms with Gasteiger partial charge in [0.2, 0.25) is 11.6 Å². The Kier molecular flexibility index (Phi) is 7.27. The minimum absolute atomic E-state index is 0.0711. The average Bonchev–Trinajstić information content (AvgIpc) is 2.77. The molecule has 0 heterocycles. The van der Waals surface area contributed by atoms with Crippen LogP contribution < -0.4 is 9.47 Å². The first-order valence-electron chi connectivity index (χ1n) is 10.2. The molecule has 0 unspecified atom stereocenters. The van der Waals surface area contributed by atoms with E-state index in [-0.39, 0.29) is 17.4 Å². The van der Waals surface area contributed by atoms with E-state index in [1.165, 1.54) is 6.07 Å². The standard InChI is InChI=1S/C24H22F6O2/c1-3-4-5-14-6-8-15(9-7-14)16-10-12-19(23(28)20(16)25)32-24(29,30)17-11-13-18(31-2)22(27)21(17)26/h10-15H,3,6-9H2,1-2H3. The van der Waals surface area contributed by atoms with Gasteiger partial charge in [0.25, 0.3) is 0 Å². The zero-order valence-corrected chi connectivity index (χ0v) is 17.6. The third kappa shape index (κ3) is 4.82. The minimum atomic E-state index is -4.46. The fourth-order valence-corrected chi connectivity index (χ4v) is 3.84. The molecule has 0 spiro atoms. The van der Waals surface area contributed by atoms with Crippen LogP contribution in [0.5, 0.6) is 11.5 Å². The lowest BCUT2D eigenvalue weighted by Crippen LogP contribution is -2.25. The number of ether oxygens (including phenoxy) is 2. The van der Waals surface area contributed by atoms with Crippen molar-refractivity contribution in [2.24, 2.45) is 5.92 Å². The molecule has 3 rings (SSSR count). The van der Waals surface area contributed by atoms with Crippen LogP contribution in [-0.2, 0) is 6.11 Å².